The van der Waals surface area contributed by atoms with Crippen molar-refractivity contribution in [2.75, 3.05) is 58.4 Å². The fourth-order valence-corrected chi connectivity index (χ4v) is 9.10. The van der Waals surface area contributed by atoms with Crippen LogP contribution in [0.5, 0.6) is 17.4 Å². The number of urea groups is 1. The highest BCUT2D eigenvalue weighted by Crippen LogP contribution is 2.31. The molecule has 6 N–H and O–H groups in total. The van der Waals surface area contributed by atoms with Gasteiger partial charge in [-0.3, -0.25) is 43.7 Å². The Bertz CT molecular complexity index is 2740. The number of benzene rings is 1. The summed E-state index contributed by atoms with van der Waals surface area (Å²) in [5.74, 6) is -1.55. The highest BCUT2D eigenvalue weighted by molar-refractivity contribution is 6.12. The first-order chi connectivity index (χ1) is 36.6. The van der Waals surface area contributed by atoms with Crippen molar-refractivity contribution in [1.82, 2.24) is 45.6 Å². The number of unbranched alkanes of at least 4 members (excludes halogenated alkanes) is 2. The summed E-state index contributed by atoms with van der Waals surface area (Å²) in [5.41, 5.74) is 8.35. The van der Waals surface area contributed by atoms with Crippen LogP contribution in [0.2, 0.25) is 0 Å². The molecule has 406 valence electrons. The fourth-order valence-electron chi connectivity index (χ4n) is 9.10. The lowest BCUT2D eigenvalue weighted by Gasteiger charge is -2.38. The van der Waals surface area contributed by atoms with Crippen LogP contribution in [0.25, 0.3) is 11.0 Å². The average Bonchev–Trinajstić information content (AvgIpc) is 3.74. The summed E-state index contributed by atoms with van der Waals surface area (Å²) in [6.07, 6.45) is 8.41. The summed E-state index contributed by atoms with van der Waals surface area (Å²) < 4.78 is 37.8. The van der Waals surface area contributed by atoms with Gasteiger partial charge in [-0.1, -0.05) is 32.4 Å². The molecule has 7 rings (SSSR count). The van der Waals surface area contributed by atoms with Crippen molar-refractivity contribution in [1.29, 1.82) is 0 Å². The van der Waals surface area contributed by atoms with E-state index < -0.39 is 41.8 Å². The number of ether oxygens (including phenoxy) is 4. The molecule has 1 unspecified atom stereocenters. The van der Waals surface area contributed by atoms with E-state index in [-0.39, 0.29) is 75.2 Å². The Morgan fingerprint density at radius 3 is 2.33 bits per heavy atom. The molecule has 76 heavy (non-hydrogen) atoms. The van der Waals surface area contributed by atoms with E-state index in [1.807, 2.05) is 0 Å². The Kier molecular flexibility index (Phi) is 19.8. The van der Waals surface area contributed by atoms with Crippen LogP contribution in [0, 0.1) is 11.7 Å². The second-order valence-corrected chi connectivity index (χ2v) is 19.1. The molecule has 2 atom stereocenters. The number of likely N-dealkylation sites (tertiary alicyclic amines) is 1. The number of methoxy groups -OCH3 is 1. The third-order valence-corrected chi connectivity index (χ3v) is 13.3. The smallest absolute Gasteiger partial charge is 0.410 e. The number of pyridine rings is 3. The summed E-state index contributed by atoms with van der Waals surface area (Å²) >= 11 is 0. The third-order valence-electron chi connectivity index (χ3n) is 13.3. The molecule has 0 spiro atoms. The van der Waals surface area contributed by atoms with Crippen LogP contribution in [0.15, 0.2) is 67.0 Å². The minimum absolute atomic E-state index is 0.0898. The highest BCUT2D eigenvalue weighted by Gasteiger charge is 2.32. The molecule has 8 amide bonds. The number of nitrogens with two attached hydrogens (primary N) is 1. The van der Waals surface area contributed by atoms with Gasteiger partial charge in [-0.2, -0.15) is 0 Å². The number of hydrogen-bond acceptors (Lipinski definition) is 15. The molecule has 0 aliphatic carbocycles. The SMILES string of the molecule is COc1ccc2ncc(F)c(CCN3CCC(N(Cc4cc5c(cn4)OCCO5)C(=O)OCc4ccc(NC(=O)[C@H](CCCNC(N)=O)NC(=O)C(NC(=O)CCCCCN5C(=O)C=CC5=O)C(C)C)cc4)CC3)c2n1. The number of nitrogens with zero attached hydrogens (tertiary/aromatic N) is 6. The minimum Gasteiger partial charge on any atom is -0.486 e. The van der Waals surface area contributed by atoms with Crippen LogP contribution in [-0.2, 0) is 48.3 Å². The first-order valence-corrected chi connectivity index (χ1v) is 25.6. The standard InChI is InChI=1S/C53H66FN11O11/c1-33(2)48(61-44(66)9-5-4-6-22-64-46(67)16-17-47(64)68)51(70)60-41(8-7-21-56-52(55)71)50(69)59-35-12-10-34(11-13-35)32-76-53(72)65(31-36-28-42-43(30-57-36)75-27-26-74-42)37-18-23-63(24-19-37)25-20-38-39(54)29-58-40-14-15-45(73-3)62-49(38)40/h10-17,28-30,33,37,41,48H,4-9,18-27,31-32H2,1-3H3,(H,59,69)(H,60,70)(H,61,66)(H3,55,56,71)/t41-,48?/m0/s1. The highest BCUT2D eigenvalue weighted by atomic mass is 19.1. The Hall–Kier alpha value is -7.95. The summed E-state index contributed by atoms with van der Waals surface area (Å²) in [5, 5.41) is 10.9. The predicted molar refractivity (Wildman–Crippen MR) is 275 cm³/mol. The van der Waals surface area contributed by atoms with Crippen LogP contribution < -0.4 is 41.2 Å². The zero-order chi connectivity index (χ0) is 54.1. The van der Waals surface area contributed by atoms with E-state index in [4.69, 9.17) is 24.7 Å². The number of anilines is 1. The number of imide groups is 1. The number of fused-ring (bicyclic) bond motifs is 2. The van der Waals surface area contributed by atoms with Crippen molar-refractivity contribution in [2.24, 2.45) is 11.7 Å². The molecule has 3 aromatic heterocycles. The van der Waals surface area contributed by atoms with Crippen LogP contribution >= 0.6 is 0 Å². The van der Waals surface area contributed by atoms with Gasteiger partial charge in [-0.05, 0) is 74.6 Å². The van der Waals surface area contributed by atoms with Crippen LogP contribution in [0.4, 0.5) is 19.7 Å². The van der Waals surface area contributed by atoms with Crippen LogP contribution in [0.3, 0.4) is 0 Å². The number of hydrogen-bond donors (Lipinski definition) is 5. The second-order valence-electron chi connectivity index (χ2n) is 19.1. The summed E-state index contributed by atoms with van der Waals surface area (Å²) in [7, 11) is 1.51. The predicted octanol–water partition coefficient (Wildman–Crippen LogP) is 4.29. The van der Waals surface area contributed by atoms with Crippen molar-refractivity contribution >= 4 is 58.4 Å². The van der Waals surface area contributed by atoms with Gasteiger partial charge in [0.05, 0.1) is 42.8 Å². The molecule has 1 saturated heterocycles. The molecule has 3 aliphatic heterocycles. The molecule has 6 heterocycles. The number of piperidine rings is 1. The Labute approximate surface area is 439 Å². The number of primary amides is 1. The number of rotatable bonds is 25. The number of nitrogens with one attached hydrogen (secondary N) is 4. The maximum atomic E-state index is 15.1. The quantitative estimate of drug-likeness (QED) is 0.0458. The lowest BCUT2D eigenvalue weighted by molar-refractivity contribution is -0.137. The normalized spacial score (nSPS) is 15.3. The summed E-state index contributed by atoms with van der Waals surface area (Å²) in [6.45, 7) is 6.61. The van der Waals surface area contributed by atoms with Gasteiger partial charge in [0, 0.05) is 80.7 Å². The van der Waals surface area contributed by atoms with Crippen molar-refractivity contribution in [3.8, 4) is 17.4 Å². The maximum absolute atomic E-state index is 15.1. The Morgan fingerprint density at radius 1 is 0.882 bits per heavy atom. The molecule has 3 aliphatic rings. The number of aromatic nitrogens is 3. The van der Waals surface area contributed by atoms with E-state index in [9.17, 15) is 33.6 Å². The monoisotopic (exact) mass is 1050 g/mol. The fraction of sp³-hybridized carbons (Fsp3) is 0.472. The van der Waals surface area contributed by atoms with Gasteiger partial charge in [0.25, 0.3) is 11.8 Å². The van der Waals surface area contributed by atoms with Crippen molar-refractivity contribution in [3.63, 3.8) is 0 Å². The molecule has 4 aromatic rings. The van der Waals surface area contributed by atoms with E-state index in [2.05, 4.69) is 41.1 Å². The van der Waals surface area contributed by atoms with Gasteiger partial charge in [-0.25, -0.2) is 19.0 Å². The lowest BCUT2D eigenvalue weighted by Crippen LogP contribution is -2.54. The van der Waals surface area contributed by atoms with E-state index in [1.165, 1.54) is 25.5 Å². The second kappa shape index (κ2) is 27.0. The first kappa shape index (κ1) is 55.8. The topological polar surface area (TPSA) is 279 Å². The molecule has 1 fully saturated rings. The molecular weight excluding hydrogens is 986 g/mol. The van der Waals surface area contributed by atoms with E-state index in [1.54, 1.807) is 67.4 Å². The van der Waals surface area contributed by atoms with E-state index in [0.717, 1.165) is 4.90 Å². The largest absolute Gasteiger partial charge is 0.486 e. The molecule has 0 radical (unpaired) electrons. The minimum atomic E-state index is -1.07. The van der Waals surface area contributed by atoms with E-state index in [0.29, 0.717) is 122 Å². The zero-order valence-electron chi connectivity index (χ0n) is 43.0. The summed E-state index contributed by atoms with van der Waals surface area (Å²) in [4.78, 5) is 108. The number of carbonyl (C=O) groups is 7. The Morgan fingerprint density at radius 2 is 1.62 bits per heavy atom. The maximum Gasteiger partial charge on any atom is 0.410 e. The van der Waals surface area contributed by atoms with Crippen molar-refractivity contribution in [2.45, 2.75) is 103 Å². The number of amides is 8. The molecule has 0 saturated carbocycles. The molecule has 22 nitrogen and oxygen atoms in total. The number of halogens is 1. The molecule has 23 heteroatoms. The van der Waals surface area contributed by atoms with Gasteiger partial charge < -0.3 is 50.8 Å². The van der Waals surface area contributed by atoms with Gasteiger partial charge in [-0.15, -0.1) is 0 Å². The number of carbonyl (C=O) groups excluding carboxylic acids is 7. The van der Waals surface area contributed by atoms with Gasteiger partial charge in [0.15, 0.2) is 11.5 Å². The molecular formula is C53H66FN11O11. The van der Waals surface area contributed by atoms with Crippen LogP contribution in [-0.4, -0.2) is 142 Å². The summed E-state index contributed by atoms with van der Waals surface area (Å²) in [6, 6.07) is 8.90. The lowest BCUT2D eigenvalue weighted by atomic mass is 10.0. The molecule has 0 bridgehead atoms. The Balaban J connectivity index is 0.936. The van der Waals surface area contributed by atoms with Gasteiger partial charge in [0.2, 0.25) is 23.6 Å². The van der Waals surface area contributed by atoms with Crippen molar-refractivity contribution in [3.05, 3.63) is 89.6 Å². The van der Waals surface area contributed by atoms with Gasteiger partial charge in [0.1, 0.15) is 37.7 Å². The van der Waals surface area contributed by atoms with E-state index >= 15 is 4.39 Å². The van der Waals surface area contributed by atoms with Gasteiger partial charge >= 0.3 is 12.1 Å². The molecule has 1 aromatic carbocycles. The van der Waals surface area contributed by atoms with Crippen molar-refractivity contribution < 1.29 is 56.9 Å². The van der Waals surface area contributed by atoms with Crippen LogP contribution in [0.1, 0.15) is 82.0 Å². The average molecular weight is 1050 g/mol. The third kappa shape index (κ3) is 15.6. The zero-order valence-corrected chi connectivity index (χ0v) is 43.0. The first-order valence-electron chi connectivity index (χ1n) is 25.6.